The van der Waals surface area contributed by atoms with Gasteiger partial charge >= 0.3 is 11.9 Å². The van der Waals surface area contributed by atoms with Crippen molar-refractivity contribution in [1.29, 1.82) is 0 Å². The zero-order valence-corrected chi connectivity index (χ0v) is 11.1. The maximum Gasteiger partial charge on any atom is 0.414 e. The first-order chi connectivity index (χ1) is 9.47. The number of aliphatic carboxylic acids is 2. The normalized spacial score (nSPS) is 21.9. The molecule has 1 fully saturated rings. The minimum atomic E-state index is -1.82. The summed E-state index contributed by atoms with van der Waals surface area (Å²) in [6.07, 6.45) is 4.55. The van der Waals surface area contributed by atoms with Crippen LogP contribution in [0.1, 0.15) is 18.0 Å². The zero-order valence-electron chi connectivity index (χ0n) is 11.1. The highest BCUT2D eigenvalue weighted by Gasteiger charge is 2.32. The maximum atomic E-state index is 12.8. The summed E-state index contributed by atoms with van der Waals surface area (Å²) in [5, 5.41) is 14.8. The second-order valence-corrected chi connectivity index (χ2v) is 4.53. The molecule has 0 aliphatic carbocycles. The van der Waals surface area contributed by atoms with E-state index in [1.165, 1.54) is 0 Å². The lowest BCUT2D eigenvalue weighted by Gasteiger charge is -2.23. The molecule has 7 heteroatoms. The standard InChI is InChI=1S/C11H15FN2.C2H2O4/c1-14-6-4-9(7-12)11(14)10-3-2-5-13-8-10;3-1(4)2(5)6/h2-3,5,8-9,11H,4,6-7H2,1H3;(H,3,4)(H,5,6)/t9?,11-;/m0./s1. The number of carboxylic acids is 2. The largest absolute Gasteiger partial charge is 0.473 e. The molecule has 1 aliphatic heterocycles. The third kappa shape index (κ3) is 4.27. The first kappa shape index (κ1) is 16.0. The number of carboxylic acid groups (broad SMARTS) is 2. The number of hydrogen-bond donors (Lipinski definition) is 2. The van der Waals surface area contributed by atoms with E-state index in [9.17, 15) is 4.39 Å². The molecule has 1 unspecified atom stereocenters. The number of aromatic nitrogens is 1. The van der Waals surface area contributed by atoms with Crippen molar-refractivity contribution in [3.05, 3.63) is 30.1 Å². The van der Waals surface area contributed by atoms with E-state index in [-0.39, 0.29) is 18.6 Å². The third-order valence-electron chi connectivity index (χ3n) is 3.18. The quantitative estimate of drug-likeness (QED) is 0.793. The molecule has 0 amide bonds. The van der Waals surface area contributed by atoms with Crippen molar-refractivity contribution in [2.24, 2.45) is 5.92 Å². The van der Waals surface area contributed by atoms with Crippen LogP contribution in [0.2, 0.25) is 0 Å². The van der Waals surface area contributed by atoms with Crippen LogP contribution < -0.4 is 0 Å². The molecular formula is C13H17FN2O4. The summed E-state index contributed by atoms with van der Waals surface area (Å²) in [5.74, 6) is -3.51. The fraction of sp³-hybridized carbons (Fsp3) is 0.462. The Morgan fingerprint density at radius 3 is 2.55 bits per heavy atom. The van der Waals surface area contributed by atoms with Gasteiger partial charge in [0.2, 0.25) is 0 Å². The van der Waals surface area contributed by atoms with Crippen LogP contribution in [0, 0.1) is 5.92 Å². The van der Waals surface area contributed by atoms with Gasteiger partial charge in [0.25, 0.3) is 0 Å². The van der Waals surface area contributed by atoms with Crippen LogP contribution in [0.4, 0.5) is 4.39 Å². The molecule has 0 bridgehead atoms. The highest BCUT2D eigenvalue weighted by atomic mass is 19.1. The number of alkyl halides is 1. The molecule has 2 rings (SSSR count). The van der Waals surface area contributed by atoms with E-state index in [2.05, 4.69) is 9.88 Å². The molecule has 0 spiro atoms. The molecule has 1 aliphatic rings. The predicted molar refractivity (Wildman–Crippen MR) is 69.0 cm³/mol. The molecular weight excluding hydrogens is 267 g/mol. The summed E-state index contributed by atoms with van der Waals surface area (Å²) in [6.45, 7) is 0.748. The minimum Gasteiger partial charge on any atom is -0.473 e. The summed E-state index contributed by atoms with van der Waals surface area (Å²) in [5.41, 5.74) is 1.13. The van der Waals surface area contributed by atoms with E-state index in [1.54, 1.807) is 6.20 Å². The molecule has 0 aromatic carbocycles. The Bertz CT molecular complexity index is 443. The van der Waals surface area contributed by atoms with Crippen LogP contribution in [0.25, 0.3) is 0 Å². The fourth-order valence-electron chi connectivity index (χ4n) is 2.27. The molecule has 20 heavy (non-hydrogen) atoms. The van der Waals surface area contributed by atoms with E-state index in [0.717, 1.165) is 18.5 Å². The second kappa shape index (κ2) is 7.54. The van der Waals surface area contributed by atoms with E-state index in [4.69, 9.17) is 19.8 Å². The van der Waals surface area contributed by atoms with E-state index in [0.29, 0.717) is 0 Å². The van der Waals surface area contributed by atoms with Crippen molar-refractivity contribution in [2.45, 2.75) is 12.5 Å². The first-order valence-corrected chi connectivity index (χ1v) is 6.09. The fourth-order valence-corrected chi connectivity index (χ4v) is 2.27. The molecule has 1 aromatic heterocycles. The maximum absolute atomic E-state index is 12.8. The molecule has 0 saturated carbocycles. The number of halogens is 1. The number of pyridine rings is 1. The number of nitrogens with zero attached hydrogens (tertiary/aromatic N) is 2. The zero-order chi connectivity index (χ0) is 15.1. The van der Waals surface area contributed by atoms with Gasteiger partial charge in [0, 0.05) is 24.4 Å². The number of hydrogen-bond acceptors (Lipinski definition) is 4. The van der Waals surface area contributed by atoms with Gasteiger partial charge in [-0.05, 0) is 31.6 Å². The molecule has 110 valence electrons. The summed E-state index contributed by atoms with van der Waals surface area (Å²) in [4.78, 5) is 24.5. The Hall–Kier alpha value is -2.02. The highest BCUT2D eigenvalue weighted by Crippen LogP contribution is 2.35. The topological polar surface area (TPSA) is 90.7 Å². The van der Waals surface area contributed by atoms with Gasteiger partial charge in [0.15, 0.2) is 0 Å². The minimum absolute atomic E-state index is 0.143. The van der Waals surface area contributed by atoms with Crippen molar-refractivity contribution in [3.8, 4) is 0 Å². The van der Waals surface area contributed by atoms with Gasteiger partial charge in [-0.25, -0.2) is 9.59 Å². The molecule has 6 nitrogen and oxygen atoms in total. The van der Waals surface area contributed by atoms with Gasteiger partial charge in [-0.3, -0.25) is 14.3 Å². The van der Waals surface area contributed by atoms with Crippen LogP contribution in [0.15, 0.2) is 24.5 Å². The Labute approximate surface area is 115 Å². The highest BCUT2D eigenvalue weighted by molar-refractivity contribution is 6.27. The van der Waals surface area contributed by atoms with Crippen molar-refractivity contribution >= 4 is 11.9 Å². The summed E-state index contributed by atoms with van der Waals surface area (Å²) < 4.78 is 12.8. The SMILES string of the molecule is CN1CCC(CF)[C@H]1c1cccnc1.O=C(O)C(=O)O. The van der Waals surface area contributed by atoms with E-state index < -0.39 is 11.9 Å². The van der Waals surface area contributed by atoms with Crippen LogP contribution in [-0.4, -0.2) is 52.3 Å². The molecule has 1 saturated heterocycles. The van der Waals surface area contributed by atoms with Crippen LogP contribution in [0.5, 0.6) is 0 Å². The lowest BCUT2D eigenvalue weighted by atomic mass is 9.96. The predicted octanol–water partition coefficient (Wildman–Crippen LogP) is 1.20. The van der Waals surface area contributed by atoms with Gasteiger partial charge in [-0.2, -0.15) is 0 Å². The van der Waals surface area contributed by atoms with Crippen molar-refractivity contribution < 1.29 is 24.2 Å². The Kier molecular flexibility index (Phi) is 6.05. The average molecular weight is 284 g/mol. The van der Waals surface area contributed by atoms with Gasteiger partial charge in [-0.1, -0.05) is 6.07 Å². The lowest BCUT2D eigenvalue weighted by Crippen LogP contribution is -2.22. The Balaban J connectivity index is 0.000000286. The summed E-state index contributed by atoms with van der Waals surface area (Å²) in [7, 11) is 2.05. The van der Waals surface area contributed by atoms with Crippen LogP contribution in [-0.2, 0) is 9.59 Å². The molecule has 0 radical (unpaired) electrons. The number of likely N-dealkylation sites (tertiary alicyclic amines) is 1. The van der Waals surface area contributed by atoms with Crippen molar-refractivity contribution in [3.63, 3.8) is 0 Å². The van der Waals surface area contributed by atoms with Crippen molar-refractivity contribution in [2.75, 3.05) is 20.3 Å². The van der Waals surface area contributed by atoms with Gasteiger partial charge in [0.05, 0.1) is 6.67 Å². The summed E-state index contributed by atoms with van der Waals surface area (Å²) >= 11 is 0. The smallest absolute Gasteiger partial charge is 0.414 e. The second-order valence-electron chi connectivity index (χ2n) is 4.53. The number of carbonyl (C=O) groups is 2. The monoisotopic (exact) mass is 284 g/mol. The average Bonchev–Trinajstić information content (AvgIpc) is 2.81. The van der Waals surface area contributed by atoms with Crippen molar-refractivity contribution in [1.82, 2.24) is 9.88 Å². The van der Waals surface area contributed by atoms with Crippen LogP contribution >= 0.6 is 0 Å². The first-order valence-electron chi connectivity index (χ1n) is 6.09. The van der Waals surface area contributed by atoms with Crippen LogP contribution in [0.3, 0.4) is 0 Å². The van der Waals surface area contributed by atoms with Gasteiger partial charge in [-0.15, -0.1) is 0 Å². The van der Waals surface area contributed by atoms with E-state index >= 15 is 0 Å². The Morgan fingerprint density at radius 1 is 1.45 bits per heavy atom. The molecule has 2 atom stereocenters. The Morgan fingerprint density at radius 2 is 2.10 bits per heavy atom. The third-order valence-corrected chi connectivity index (χ3v) is 3.18. The van der Waals surface area contributed by atoms with Gasteiger partial charge in [0.1, 0.15) is 0 Å². The van der Waals surface area contributed by atoms with Gasteiger partial charge < -0.3 is 10.2 Å². The summed E-state index contributed by atoms with van der Waals surface area (Å²) in [6, 6.07) is 4.16. The molecule has 2 heterocycles. The lowest BCUT2D eigenvalue weighted by molar-refractivity contribution is -0.159. The molecule has 1 aromatic rings. The van der Waals surface area contributed by atoms with E-state index in [1.807, 2.05) is 25.4 Å². The molecule has 2 N–H and O–H groups in total. The number of rotatable bonds is 2.